The fraction of sp³-hybridized carbons (Fsp3) is 0.0833. The second-order valence-electron chi connectivity index (χ2n) is 12.6. The number of rotatable bonds is 7. The van der Waals surface area contributed by atoms with Crippen LogP contribution in [0.4, 0.5) is 0 Å². The number of imidazole rings is 1. The molecule has 3 heterocycles. The van der Waals surface area contributed by atoms with Crippen LogP contribution in [-0.4, -0.2) is 14.5 Å². The van der Waals surface area contributed by atoms with Crippen LogP contribution in [0.3, 0.4) is 0 Å². The summed E-state index contributed by atoms with van der Waals surface area (Å²) in [5.74, 6) is 0.823. The average molecular weight is 867 g/mol. The van der Waals surface area contributed by atoms with Gasteiger partial charge in [0.25, 0.3) is 0 Å². The van der Waals surface area contributed by atoms with Gasteiger partial charge in [-0.15, -0.1) is 35.9 Å². The number of fused-ring (bicyclic) bond motifs is 2. The van der Waals surface area contributed by atoms with Crippen LogP contribution in [0.2, 0.25) is 0 Å². The molecule has 6 aromatic carbocycles. The first kappa shape index (κ1) is 31.8. The molecule has 5 heteroatoms. The van der Waals surface area contributed by atoms with Crippen molar-refractivity contribution in [3.05, 3.63) is 187 Å². The number of nitrogens with zero attached hydrogens (tertiary/aromatic N) is 3. The van der Waals surface area contributed by atoms with E-state index in [0.29, 0.717) is 0 Å². The van der Waals surface area contributed by atoms with E-state index >= 15 is 0 Å². The zero-order valence-electron chi connectivity index (χ0n) is 32.1. The Labute approximate surface area is 328 Å². The second-order valence-corrected chi connectivity index (χ2v) is 12.6. The first-order chi connectivity index (χ1) is 26.9. The molecule has 0 atom stereocenters. The molecule has 3 aromatic heterocycles. The summed E-state index contributed by atoms with van der Waals surface area (Å²) >= 11 is 0. The standard InChI is InChI=1S/C36H27N2O.C12H10N.Ir/c1-2-12-25-21-22-34-30(23-25)31(24-39-34)36-37-32-19-9-10-20-33(32)38(36)35-28(26-13-5-3-6-14-26)17-11-18-29(35)27-15-7-4-8-16-27;1-10-7-8-12(13-9-10)11-5-3-2-4-6-11;/h3-11,13-23H,2,12H2,1H3;2-5,7-9H,1H3;/q2*-1;/i;1D3;. The van der Waals surface area contributed by atoms with Crippen molar-refractivity contribution in [1.29, 1.82) is 0 Å². The van der Waals surface area contributed by atoms with Crippen LogP contribution in [0.25, 0.3) is 72.6 Å². The molecule has 0 saturated heterocycles. The zero-order chi connectivity index (χ0) is 37.8. The van der Waals surface area contributed by atoms with Crippen molar-refractivity contribution in [2.24, 2.45) is 0 Å². The number of para-hydroxylation sites is 3. The fourth-order valence-electron chi connectivity index (χ4n) is 6.64. The van der Waals surface area contributed by atoms with Gasteiger partial charge in [0.05, 0.1) is 22.5 Å². The van der Waals surface area contributed by atoms with E-state index in [0.717, 1.165) is 85.4 Å². The Morgan fingerprint density at radius 1 is 0.736 bits per heavy atom. The smallest absolute Gasteiger partial charge is 0.0774 e. The molecular formula is C48H37IrN3O-2. The van der Waals surface area contributed by atoms with E-state index in [4.69, 9.17) is 13.5 Å². The SMILES string of the molecule is CCCc1ccc2o[c-]c(-c3nc4ccccc4n3-c3c(-c4ccccc4)cccc3-c3ccccc3)c2c1.[2H]C([2H])([2H])c1ccc(-c2[c-]cccc2)nc1.[Ir]. The van der Waals surface area contributed by atoms with Crippen LogP contribution in [0.5, 0.6) is 0 Å². The molecule has 9 aromatic rings. The Hall–Kier alpha value is -5.87. The Bertz CT molecular complexity index is 2630. The fourth-order valence-corrected chi connectivity index (χ4v) is 6.64. The molecule has 0 N–H and O–H groups in total. The summed E-state index contributed by atoms with van der Waals surface area (Å²) in [5.41, 5.74) is 12.5. The van der Waals surface area contributed by atoms with E-state index in [9.17, 15) is 0 Å². The summed E-state index contributed by atoms with van der Waals surface area (Å²) in [5, 5.41) is 1.04. The van der Waals surface area contributed by atoms with E-state index in [2.05, 4.69) is 144 Å². The molecule has 261 valence electrons. The topological polar surface area (TPSA) is 43.9 Å². The third-order valence-electron chi connectivity index (χ3n) is 9.08. The van der Waals surface area contributed by atoms with Crippen molar-refractivity contribution >= 4 is 22.0 Å². The predicted octanol–water partition coefficient (Wildman–Crippen LogP) is 12.4. The van der Waals surface area contributed by atoms with Crippen LogP contribution in [-0.2, 0) is 26.5 Å². The van der Waals surface area contributed by atoms with Gasteiger partial charge in [0.2, 0.25) is 0 Å². The summed E-state index contributed by atoms with van der Waals surface area (Å²) in [6.07, 6.45) is 6.73. The number of hydrogen-bond acceptors (Lipinski definition) is 3. The third-order valence-corrected chi connectivity index (χ3v) is 9.08. The van der Waals surface area contributed by atoms with E-state index in [-0.39, 0.29) is 25.7 Å². The average Bonchev–Trinajstić information content (AvgIpc) is 3.83. The number of aryl methyl sites for hydroxylation is 2. The van der Waals surface area contributed by atoms with Crippen molar-refractivity contribution in [1.82, 2.24) is 14.5 Å². The molecule has 1 radical (unpaired) electrons. The first-order valence-corrected chi connectivity index (χ1v) is 17.5. The molecule has 0 unspecified atom stereocenters. The summed E-state index contributed by atoms with van der Waals surface area (Å²) in [6, 6.07) is 56.3. The van der Waals surface area contributed by atoms with Gasteiger partial charge < -0.3 is 14.0 Å². The molecule has 0 fully saturated rings. The van der Waals surface area contributed by atoms with E-state index in [1.165, 1.54) is 11.8 Å². The van der Waals surface area contributed by atoms with Gasteiger partial charge in [-0.2, -0.15) is 0 Å². The van der Waals surface area contributed by atoms with Crippen molar-refractivity contribution in [3.63, 3.8) is 0 Å². The Balaban J connectivity index is 0.000000238. The second kappa shape index (κ2) is 16.2. The van der Waals surface area contributed by atoms with E-state index in [1.807, 2.05) is 24.3 Å². The molecule has 0 bridgehead atoms. The number of pyridine rings is 1. The normalized spacial score (nSPS) is 11.9. The Kier molecular flexibility index (Phi) is 9.74. The molecule has 0 spiro atoms. The van der Waals surface area contributed by atoms with Gasteiger partial charge >= 0.3 is 0 Å². The molecule has 53 heavy (non-hydrogen) atoms. The van der Waals surface area contributed by atoms with Gasteiger partial charge in [-0.05, 0) is 47.8 Å². The monoisotopic (exact) mass is 867 g/mol. The van der Waals surface area contributed by atoms with Crippen molar-refractivity contribution in [2.45, 2.75) is 26.6 Å². The molecule has 0 amide bonds. The molecule has 0 aliphatic rings. The van der Waals surface area contributed by atoms with Crippen molar-refractivity contribution < 1.29 is 28.6 Å². The number of hydrogen-bond donors (Lipinski definition) is 0. The predicted molar refractivity (Wildman–Crippen MR) is 213 cm³/mol. The maximum atomic E-state index is 7.23. The maximum Gasteiger partial charge on any atom is 0.0774 e. The van der Waals surface area contributed by atoms with Gasteiger partial charge in [-0.3, -0.25) is 4.98 Å². The van der Waals surface area contributed by atoms with E-state index < -0.39 is 6.85 Å². The minimum absolute atomic E-state index is 0. The van der Waals surface area contributed by atoms with Gasteiger partial charge in [0.1, 0.15) is 0 Å². The zero-order valence-corrected chi connectivity index (χ0v) is 31.5. The van der Waals surface area contributed by atoms with E-state index in [1.54, 1.807) is 18.2 Å². The minimum Gasteiger partial charge on any atom is -0.557 e. The third kappa shape index (κ3) is 7.41. The molecular weight excluding hydrogens is 827 g/mol. The number of benzene rings is 6. The maximum absolute atomic E-state index is 7.23. The summed E-state index contributed by atoms with van der Waals surface area (Å²) in [6.45, 7) is 0.115. The number of aromatic nitrogens is 3. The van der Waals surface area contributed by atoms with Crippen molar-refractivity contribution in [3.8, 4) is 50.6 Å². The first-order valence-electron chi connectivity index (χ1n) is 19.0. The molecule has 9 rings (SSSR count). The largest absolute Gasteiger partial charge is 0.557 e. The summed E-state index contributed by atoms with van der Waals surface area (Å²) in [7, 11) is 0. The Morgan fingerprint density at radius 3 is 2.11 bits per heavy atom. The summed E-state index contributed by atoms with van der Waals surface area (Å²) < 4.78 is 30.0. The van der Waals surface area contributed by atoms with Gasteiger partial charge in [-0.1, -0.05) is 151 Å². The van der Waals surface area contributed by atoms with Crippen LogP contribution >= 0.6 is 0 Å². The Morgan fingerprint density at radius 2 is 1.45 bits per heavy atom. The number of furan rings is 1. The van der Waals surface area contributed by atoms with Crippen molar-refractivity contribution in [2.75, 3.05) is 0 Å². The van der Waals surface area contributed by atoms with Gasteiger partial charge in [-0.25, -0.2) is 0 Å². The molecule has 0 aliphatic carbocycles. The van der Waals surface area contributed by atoms with Crippen LogP contribution < -0.4 is 0 Å². The molecule has 4 nitrogen and oxygen atoms in total. The van der Waals surface area contributed by atoms with Crippen LogP contribution in [0.1, 0.15) is 28.6 Å². The van der Waals surface area contributed by atoms with Crippen LogP contribution in [0.15, 0.2) is 168 Å². The van der Waals surface area contributed by atoms with Gasteiger partial charge in [0.15, 0.2) is 0 Å². The van der Waals surface area contributed by atoms with Gasteiger partial charge in [0, 0.05) is 53.4 Å². The quantitative estimate of drug-likeness (QED) is 0.150. The molecule has 0 saturated carbocycles. The minimum atomic E-state index is -2.09. The summed E-state index contributed by atoms with van der Waals surface area (Å²) in [4.78, 5) is 9.32. The molecule has 0 aliphatic heterocycles. The van der Waals surface area contributed by atoms with Crippen LogP contribution in [0, 0.1) is 19.2 Å².